The third kappa shape index (κ3) is 2.21. The lowest BCUT2D eigenvalue weighted by atomic mass is 10.4. The van der Waals surface area contributed by atoms with Crippen LogP contribution < -0.4 is 5.32 Å². The summed E-state index contributed by atoms with van der Waals surface area (Å²) in [5.74, 6) is 0.411. The molecule has 7 heteroatoms. The second-order valence-corrected chi connectivity index (χ2v) is 5.88. The van der Waals surface area contributed by atoms with Gasteiger partial charge < -0.3 is 9.73 Å². The van der Waals surface area contributed by atoms with E-state index in [0.29, 0.717) is 5.02 Å². The Morgan fingerprint density at radius 3 is 2.44 bits per heavy atom. The normalized spacial score (nSPS) is 11.5. The molecule has 0 saturated carbocycles. The van der Waals surface area contributed by atoms with Crippen LogP contribution in [0.4, 0.5) is 5.88 Å². The predicted molar refractivity (Wildman–Crippen MR) is 67.7 cm³/mol. The van der Waals surface area contributed by atoms with Crippen LogP contribution in [0.5, 0.6) is 0 Å². The molecule has 96 valence electrons. The lowest BCUT2D eigenvalue weighted by Gasteiger charge is -2.02. The molecule has 18 heavy (non-hydrogen) atoms. The minimum Gasteiger partial charge on any atom is -0.424 e. The van der Waals surface area contributed by atoms with E-state index < -0.39 is 9.84 Å². The summed E-state index contributed by atoms with van der Waals surface area (Å²) >= 11 is 5.73. The van der Waals surface area contributed by atoms with E-state index in [1.54, 1.807) is 14.0 Å². The van der Waals surface area contributed by atoms with Crippen LogP contribution in [-0.4, -0.2) is 20.4 Å². The highest BCUT2D eigenvalue weighted by molar-refractivity contribution is 7.91. The van der Waals surface area contributed by atoms with Crippen molar-refractivity contribution < 1.29 is 12.8 Å². The topological polar surface area (TPSA) is 72.2 Å². The molecule has 0 spiro atoms. The predicted octanol–water partition coefficient (Wildman–Crippen LogP) is 2.51. The molecule has 2 aromatic rings. The number of rotatable bonds is 3. The van der Waals surface area contributed by atoms with Crippen LogP contribution in [0.15, 0.2) is 38.6 Å². The first-order valence-electron chi connectivity index (χ1n) is 5.11. The number of hydrogen-bond donors (Lipinski definition) is 1. The van der Waals surface area contributed by atoms with Crippen LogP contribution in [0.2, 0.25) is 5.02 Å². The highest BCUT2D eigenvalue weighted by atomic mass is 35.5. The third-order valence-corrected chi connectivity index (χ3v) is 4.24. The van der Waals surface area contributed by atoms with Gasteiger partial charge in [-0.05, 0) is 24.3 Å². The molecule has 2 rings (SSSR count). The standard InChI is InChI=1S/C11H11ClN2O3S/c1-7-14-11(10(13-2)17-7)18(15,16)9-5-3-8(12)4-6-9/h3-6,13H,1-2H3. The SMILES string of the molecule is CNc1oc(C)nc1S(=O)(=O)c1ccc(Cl)cc1. The zero-order valence-corrected chi connectivity index (χ0v) is 11.3. The van der Waals surface area contributed by atoms with E-state index in [-0.39, 0.29) is 21.7 Å². The number of nitrogens with one attached hydrogen (secondary N) is 1. The van der Waals surface area contributed by atoms with Gasteiger partial charge in [-0.15, -0.1) is 0 Å². The first-order chi connectivity index (χ1) is 8.45. The molecule has 0 aliphatic rings. The summed E-state index contributed by atoms with van der Waals surface area (Å²) in [5, 5.41) is 3.02. The van der Waals surface area contributed by atoms with Gasteiger partial charge in [-0.25, -0.2) is 8.42 Å². The lowest BCUT2D eigenvalue weighted by molar-refractivity contribution is 0.534. The molecular formula is C11H11ClN2O3S. The van der Waals surface area contributed by atoms with Gasteiger partial charge in [0.1, 0.15) is 0 Å². The highest BCUT2D eigenvalue weighted by Crippen LogP contribution is 2.28. The Bertz CT molecular complexity index is 662. The fourth-order valence-corrected chi connectivity index (χ4v) is 2.95. The zero-order chi connectivity index (χ0) is 13.3. The molecule has 0 aliphatic carbocycles. The summed E-state index contributed by atoms with van der Waals surface area (Å²) in [6.07, 6.45) is 0. The summed E-state index contributed by atoms with van der Waals surface area (Å²) in [6.45, 7) is 1.59. The van der Waals surface area contributed by atoms with E-state index in [1.165, 1.54) is 24.3 Å². The Labute approximate surface area is 110 Å². The molecule has 0 unspecified atom stereocenters. The Morgan fingerprint density at radius 1 is 1.28 bits per heavy atom. The Kier molecular flexibility index (Phi) is 3.32. The minimum absolute atomic E-state index is 0.121. The van der Waals surface area contributed by atoms with Crippen molar-refractivity contribution in [2.75, 3.05) is 12.4 Å². The average Bonchev–Trinajstić information content (AvgIpc) is 2.72. The van der Waals surface area contributed by atoms with Crippen LogP contribution in [0.1, 0.15) is 5.89 Å². The van der Waals surface area contributed by atoms with Gasteiger partial charge in [-0.3, -0.25) is 0 Å². The number of anilines is 1. The first kappa shape index (κ1) is 12.9. The number of hydrogen-bond acceptors (Lipinski definition) is 5. The third-order valence-electron chi connectivity index (χ3n) is 2.31. The molecule has 1 heterocycles. The number of oxazole rings is 1. The van der Waals surface area contributed by atoms with Crippen LogP contribution in [0.3, 0.4) is 0 Å². The van der Waals surface area contributed by atoms with E-state index in [1.807, 2.05) is 0 Å². The average molecular weight is 287 g/mol. The molecule has 0 amide bonds. The van der Waals surface area contributed by atoms with Crippen molar-refractivity contribution in [2.45, 2.75) is 16.8 Å². The number of sulfone groups is 1. The maximum absolute atomic E-state index is 12.3. The Hall–Kier alpha value is -1.53. The van der Waals surface area contributed by atoms with E-state index in [4.69, 9.17) is 16.0 Å². The Balaban J connectivity index is 2.57. The van der Waals surface area contributed by atoms with E-state index in [0.717, 1.165) is 0 Å². The van der Waals surface area contributed by atoms with Gasteiger partial charge >= 0.3 is 0 Å². The molecule has 5 nitrogen and oxygen atoms in total. The molecule has 1 N–H and O–H groups in total. The Morgan fingerprint density at radius 2 is 1.89 bits per heavy atom. The largest absolute Gasteiger partial charge is 0.424 e. The van der Waals surface area contributed by atoms with Gasteiger partial charge in [-0.2, -0.15) is 4.98 Å². The number of aryl methyl sites for hydroxylation is 1. The molecule has 0 atom stereocenters. The summed E-state index contributed by atoms with van der Waals surface area (Å²) in [5.41, 5.74) is 0. The van der Waals surface area contributed by atoms with Crippen molar-refractivity contribution in [1.29, 1.82) is 0 Å². The maximum Gasteiger partial charge on any atom is 0.233 e. The summed E-state index contributed by atoms with van der Waals surface area (Å²) in [6, 6.07) is 5.89. The van der Waals surface area contributed by atoms with Crippen LogP contribution >= 0.6 is 11.6 Å². The monoisotopic (exact) mass is 286 g/mol. The second kappa shape index (κ2) is 4.62. The highest BCUT2D eigenvalue weighted by Gasteiger charge is 2.26. The van der Waals surface area contributed by atoms with Crippen molar-refractivity contribution in [2.24, 2.45) is 0 Å². The fraction of sp³-hybridized carbons (Fsp3) is 0.182. The lowest BCUT2D eigenvalue weighted by Crippen LogP contribution is -2.05. The van der Waals surface area contributed by atoms with Gasteiger partial charge in [0.15, 0.2) is 5.89 Å². The fourth-order valence-electron chi connectivity index (χ4n) is 1.47. The maximum atomic E-state index is 12.3. The number of nitrogens with zero attached hydrogens (tertiary/aromatic N) is 1. The van der Waals surface area contributed by atoms with Gasteiger partial charge in [-0.1, -0.05) is 11.6 Å². The zero-order valence-electron chi connectivity index (χ0n) is 9.77. The first-order valence-corrected chi connectivity index (χ1v) is 6.97. The van der Waals surface area contributed by atoms with Crippen molar-refractivity contribution in [3.8, 4) is 0 Å². The minimum atomic E-state index is -3.70. The van der Waals surface area contributed by atoms with Gasteiger partial charge in [0.2, 0.25) is 20.7 Å². The molecule has 0 saturated heterocycles. The van der Waals surface area contributed by atoms with E-state index in [2.05, 4.69) is 10.3 Å². The molecule has 0 aliphatic heterocycles. The summed E-state index contributed by atoms with van der Waals surface area (Å²) in [7, 11) is -2.13. The van der Waals surface area contributed by atoms with Crippen LogP contribution in [0, 0.1) is 6.92 Å². The summed E-state index contributed by atoms with van der Waals surface area (Å²) in [4.78, 5) is 4.02. The summed E-state index contributed by atoms with van der Waals surface area (Å²) < 4.78 is 29.8. The molecule has 1 aromatic heterocycles. The van der Waals surface area contributed by atoms with Gasteiger partial charge in [0.05, 0.1) is 4.90 Å². The number of halogens is 1. The molecule has 0 bridgehead atoms. The molecule has 1 aromatic carbocycles. The van der Waals surface area contributed by atoms with Crippen LogP contribution in [0.25, 0.3) is 0 Å². The van der Waals surface area contributed by atoms with Gasteiger partial charge in [0.25, 0.3) is 0 Å². The molecule has 0 radical (unpaired) electrons. The van der Waals surface area contributed by atoms with E-state index >= 15 is 0 Å². The smallest absolute Gasteiger partial charge is 0.233 e. The van der Waals surface area contributed by atoms with Crippen molar-refractivity contribution in [1.82, 2.24) is 4.98 Å². The molecular weight excluding hydrogens is 276 g/mol. The van der Waals surface area contributed by atoms with Gasteiger partial charge in [0, 0.05) is 19.0 Å². The quantitative estimate of drug-likeness (QED) is 0.938. The van der Waals surface area contributed by atoms with Crippen molar-refractivity contribution in [3.63, 3.8) is 0 Å². The second-order valence-electron chi connectivity index (χ2n) is 3.57. The van der Waals surface area contributed by atoms with E-state index in [9.17, 15) is 8.42 Å². The van der Waals surface area contributed by atoms with Crippen molar-refractivity contribution >= 4 is 27.3 Å². The molecule has 0 fully saturated rings. The number of benzene rings is 1. The van der Waals surface area contributed by atoms with Crippen molar-refractivity contribution in [3.05, 3.63) is 35.2 Å². The van der Waals surface area contributed by atoms with Crippen LogP contribution in [-0.2, 0) is 9.84 Å². The number of aromatic nitrogens is 1.